The molecule has 10 atom stereocenters. The van der Waals surface area contributed by atoms with Crippen LogP contribution in [0.3, 0.4) is 0 Å². The lowest BCUT2D eigenvalue weighted by Gasteiger charge is -2.27. The number of phosphoric acid groups is 2. The van der Waals surface area contributed by atoms with Crippen LogP contribution in [0.25, 0.3) is 16.9 Å². The van der Waals surface area contributed by atoms with Crippen molar-refractivity contribution in [3.05, 3.63) is 35.3 Å². The third kappa shape index (κ3) is 5.35. The summed E-state index contributed by atoms with van der Waals surface area (Å²) in [5.74, 6) is -0.171. The number of hydrogen-bond acceptors (Lipinski definition) is 18. The monoisotopic (exact) mass is 688 g/mol. The van der Waals surface area contributed by atoms with Crippen molar-refractivity contribution in [2.45, 2.75) is 49.1 Å². The molecule has 3 aromatic heterocycles. The summed E-state index contributed by atoms with van der Waals surface area (Å²) >= 11 is 0. The third-order valence-electron chi connectivity index (χ3n) is 7.49. The smallest absolute Gasteiger partial charge is 0.386 e. The van der Waals surface area contributed by atoms with Crippen LogP contribution in [0.2, 0.25) is 0 Å². The summed E-state index contributed by atoms with van der Waals surface area (Å²) in [6, 6.07) is 0. The number of aliphatic imine (C=N–C) groups is 1. The van der Waals surface area contributed by atoms with Crippen molar-refractivity contribution >= 4 is 50.2 Å². The Balaban J connectivity index is 1.16. The van der Waals surface area contributed by atoms with E-state index in [1.165, 1.54) is 10.9 Å². The van der Waals surface area contributed by atoms with Crippen LogP contribution in [0, 0.1) is 0 Å². The molecule has 3 aromatic rings. The number of guanidine groups is 1. The third-order valence-corrected chi connectivity index (χ3v) is 9.46. The van der Waals surface area contributed by atoms with E-state index in [0.29, 0.717) is 5.70 Å². The normalized spacial score (nSPS) is 38.3. The Kier molecular flexibility index (Phi) is 7.43. The second kappa shape index (κ2) is 11.0. The van der Waals surface area contributed by atoms with Gasteiger partial charge in [-0.2, -0.15) is 9.98 Å². The van der Waals surface area contributed by atoms with Crippen molar-refractivity contribution in [2.24, 2.45) is 10.7 Å². The molecular weight excluding hydrogens is 662 g/mol. The van der Waals surface area contributed by atoms with Gasteiger partial charge in [0.05, 0.1) is 31.6 Å². The molecule has 0 bridgehead atoms. The molecule has 0 aromatic carbocycles. The summed E-state index contributed by atoms with van der Waals surface area (Å²) in [6.07, 6.45) is -10.3. The molecular formula is C21H26N10O13P2. The summed E-state index contributed by atoms with van der Waals surface area (Å²) in [5, 5.41) is 25.0. The lowest BCUT2D eigenvalue weighted by molar-refractivity contribution is -0.0666. The highest BCUT2D eigenvalue weighted by molar-refractivity contribution is 7.47. The van der Waals surface area contributed by atoms with Gasteiger partial charge in [-0.1, -0.05) is 6.58 Å². The number of phosphoric ester groups is 2. The number of rotatable bonds is 2. The topological polar surface area (TPSA) is 328 Å². The van der Waals surface area contributed by atoms with Crippen molar-refractivity contribution < 1.29 is 56.7 Å². The Morgan fingerprint density at radius 2 is 1.50 bits per heavy atom. The van der Waals surface area contributed by atoms with Gasteiger partial charge in [0, 0.05) is 0 Å². The van der Waals surface area contributed by atoms with Crippen LogP contribution in [0.4, 0.5) is 11.8 Å². The van der Waals surface area contributed by atoms with Gasteiger partial charge in [-0.15, -0.1) is 0 Å². The van der Waals surface area contributed by atoms with Gasteiger partial charge in [0.2, 0.25) is 5.95 Å². The first-order valence-electron chi connectivity index (χ1n) is 13.3. The number of imidazole rings is 2. The van der Waals surface area contributed by atoms with Crippen LogP contribution in [0.15, 0.2) is 29.0 Å². The number of ether oxygens (including phenoxy) is 2. The molecule has 23 nitrogen and oxygen atoms in total. The van der Waals surface area contributed by atoms with E-state index in [1.807, 2.05) is 0 Å². The number of aromatic nitrogens is 6. The number of nitrogens with two attached hydrogens (primary N) is 2. The number of nitrogens with one attached hydrogen (secondary N) is 2. The fourth-order valence-corrected chi connectivity index (χ4v) is 7.41. The minimum Gasteiger partial charge on any atom is -0.386 e. The van der Waals surface area contributed by atoms with E-state index in [-0.39, 0.29) is 34.6 Å². The maximum Gasteiger partial charge on any atom is 0.472 e. The zero-order valence-electron chi connectivity index (χ0n) is 23.1. The maximum atomic E-state index is 13.1. The summed E-state index contributed by atoms with van der Waals surface area (Å²) in [5.41, 5.74) is 11.0. The second-order valence-electron chi connectivity index (χ2n) is 10.5. The highest BCUT2D eigenvalue weighted by atomic mass is 31.2. The fourth-order valence-electron chi connectivity index (χ4n) is 5.48. The Bertz CT molecular complexity index is 1910. The number of nitrogen functional groups attached to an aromatic ring is 1. The van der Waals surface area contributed by atoms with Gasteiger partial charge in [-0.25, -0.2) is 19.1 Å². The van der Waals surface area contributed by atoms with Crippen LogP contribution in [-0.2, 0) is 36.7 Å². The van der Waals surface area contributed by atoms with E-state index in [9.17, 15) is 33.9 Å². The molecule has 10 N–H and O–H groups in total. The van der Waals surface area contributed by atoms with E-state index in [0.717, 1.165) is 10.9 Å². The predicted molar refractivity (Wildman–Crippen MR) is 149 cm³/mol. The van der Waals surface area contributed by atoms with Gasteiger partial charge >= 0.3 is 15.6 Å². The van der Waals surface area contributed by atoms with Gasteiger partial charge in [-0.3, -0.25) is 37.0 Å². The van der Waals surface area contributed by atoms with E-state index in [1.54, 1.807) is 0 Å². The Labute approximate surface area is 255 Å². The van der Waals surface area contributed by atoms with Gasteiger partial charge in [-0.05, 0) is 0 Å². The number of aliphatic hydroxyl groups is 2. The van der Waals surface area contributed by atoms with E-state index < -0.39 is 83.5 Å². The van der Waals surface area contributed by atoms with Crippen molar-refractivity contribution in [3.8, 4) is 0 Å². The number of H-pyrrole nitrogens is 1. The molecule has 4 aliphatic rings. The van der Waals surface area contributed by atoms with Crippen molar-refractivity contribution in [2.75, 3.05) is 18.9 Å². The minimum atomic E-state index is -5.07. The average Bonchev–Trinajstić information content (AvgIpc) is 3.72. The molecule has 3 fully saturated rings. The summed E-state index contributed by atoms with van der Waals surface area (Å²) in [6.45, 7) is 2.13. The predicted octanol–water partition coefficient (Wildman–Crippen LogP) is -2.35. The maximum absolute atomic E-state index is 13.1. The molecule has 7 heterocycles. The van der Waals surface area contributed by atoms with E-state index in [4.69, 9.17) is 39.0 Å². The second-order valence-corrected chi connectivity index (χ2v) is 13.3. The molecule has 7 rings (SSSR count). The van der Waals surface area contributed by atoms with Gasteiger partial charge in [0.15, 0.2) is 35.4 Å². The quantitative estimate of drug-likeness (QED) is 0.131. The van der Waals surface area contributed by atoms with Gasteiger partial charge in [0.1, 0.15) is 42.3 Å². The number of anilines is 1. The fraction of sp³-hybridized carbons (Fsp3) is 0.476. The summed E-state index contributed by atoms with van der Waals surface area (Å²) < 4.78 is 61.0. The number of aliphatic hydroxyl groups excluding tert-OH is 2. The Morgan fingerprint density at radius 3 is 2.11 bits per heavy atom. The molecule has 248 valence electrons. The largest absolute Gasteiger partial charge is 0.472 e. The zero-order valence-corrected chi connectivity index (χ0v) is 24.9. The van der Waals surface area contributed by atoms with Crippen molar-refractivity contribution in [1.82, 2.24) is 34.4 Å². The van der Waals surface area contributed by atoms with Gasteiger partial charge < -0.3 is 46.3 Å². The first-order valence-corrected chi connectivity index (χ1v) is 16.3. The number of fused-ring (bicyclic) bond motifs is 4. The standard InChI is InChI=1S/C21H26N10O13P2/c1-6-9-15(27-20(22)26-6)30(4-24-9)18-11(32)13-7(41-18)2-39-46(37,38)44-14-8(3-40-45(35,36)43-13)42-19(12(14)33)31-5-25-10-16(31)28-21(23)29-17(10)34/h4-5,7-8,11-14,18-19,32-33H,1-3H2,(H,35,36)(H,37,38)(H3,22,26,27)(H3,23,28,29,34)/t7-,8-,11-,12-,13?,14?,18+,19+/m0/s1. The lowest BCUT2D eigenvalue weighted by Crippen LogP contribution is -2.39. The first kappa shape index (κ1) is 31.1. The molecule has 0 saturated carbocycles. The van der Waals surface area contributed by atoms with Crippen molar-refractivity contribution in [1.29, 1.82) is 0 Å². The molecule has 0 amide bonds. The van der Waals surface area contributed by atoms with Crippen LogP contribution in [0.5, 0.6) is 0 Å². The van der Waals surface area contributed by atoms with Crippen LogP contribution >= 0.6 is 15.6 Å². The highest BCUT2D eigenvalue weighted by Crippen LogP contribution is 2.54. The SMILES string of the molecule is C=C1NC(N)=Nc2c1ncn2[C@@H]1O[C@H]2COP(=O)(O)OC3[C@H](COP(=O)(O)OC2[C@@H]1O)O[C@@H](n1cnc2c(=O)[nH]c(N)nc21)[C@H]3O. The minimum absolute atomic E-state index is 0.0306. The molecule has 0 aliphatic carbocycles. The lowest BCUT2D eigenvalue weighted by atomic mass is 10.1. The molecule has 25 heteroatoms. The Hall–Kier alpha value is -3.57. The van der Waals surface area contributed by atoms with Crippen LogP contribution in [-0.4, -0.2) is 105 Å². The van der Waals surface area contributed by atoms with Crippen LogP contribution in [0.1, 0.15) is 18.1 Å². The number of aromatic amines is 1. The molecule has 4 aliphatic heterocycles. The molecule has 4 unspecified atom stereocenters. The highest BCUT2D eigenvalue weighted by Gasteiger charge is 2.54. The van der Waals surface area contributed by atoms with Gasteiger partial charge in [0.25, 0.3) is 5.56 Å². The van der Waals surface area contributed by atoms with E-state index in [2.05, 4.69) is 36.8 Å². The molecule has 0 spiro atoms. The summed E-state index contributed by atoms with van der Waals surface area (Å²) in [7, 11) is -10.1. The summed E-state index contributed by atoms with van der Waals surface area (Å²) in [4.78, 5) is 52.0. The Morgan fingerprint density at radius 1 is 0.935 bits per heavy atom. The number of hydrogen-bond donors (Lipinski definition) is 8. The van der Waals surface area contributed by atoms with Crippen molar-refractivity contribution in [3.63, 3.8) is 0 Å². The molecule has 3 saturated heterocycles. The molecule has 46 heavy (non-hydrogen) atoms. The zero-order chi connectivity index (χ0) is 32.7. The van der Waals surface area contributed by atoms with E-state index >= 15 is 0 Å². The van der Waals surface area contributed by atoms with Crippen LogP contribution < -0.4 is 22.3 Å². The first-order chi connectivity index (χ1) is 21.7. The molecule has 0 radical (unpaired) electrons. The number of nitrogens with zero attached hydrogens (tertiary/aromatic N) is 6. The average molecular weight is 688 g/mol.